The first-order chi connectivity index (χ1) is 10.9. The van der Waals surface area contributed by atoms with Crippen molar-refractivity contribution in [1.29, 1.82) is 0 Å². The second-order valence-corrected chi connectivity index (χ2v) is 6.83. The smallest absolute Gasteiger partial charge is 0.251 e. The first-order valence-corrected chi connectivity index (χ1v) is 8.29. The lowest BCUT2D eigenvalue weighted by Crippen LogP contribution is -2.48. The van der Waals surface area contributed by atoms with Crippen LogP contribution < -0.4 is 16.0 Å². The third-order valence-corrected chi connectivity index (χ3v) is 4.35. The number of aryl methyl sites for hydroxylation is 1. The third-order valence-electron chi connectivity index (χ3n) is 4.35. The van der Waals surface area contributed by atoms with E-state index >= 15 is 0 Å². The van der Waals surface area contributed by atoms with Gasteiger partial charge in [-0.15, -0.1) is 12.4 Å². The molecule has 3 N–H and O–H groups in total. The van der Waals surface area contributed by atoms with Gasteiger partial charge in [0.05, 0.1) is 0 Å². The number of rotatable bonds is 6. The molecule has 1 fully saturated rings. The molecule has 1 aromatic carbocycles. The van der Waals surface area contributed by atoms with Crippen molar-refractivity contribution in [2.45, 2.75) is 27.7 Å². The van der Waals surface area contributed by atoms with Crippen molar-refractivity contribution in [3.63, 3.8) is 0 Å². The van der Waals surface area contributed by atoms with E-state index in [0.717, 1.165) is 24.3 Å². The fourth-order valence-electron chi connectivity index (χ4n) is 2.47. The molecule has 1 aliphatic rings. The highest BCUT2D eigenvalue weighted by Gasteiger charge is 2.28. The van der Waals surface area contributed by atoms with Crippen LogP contribution in [-0.4, -0.2) is 31.4 Å². The van der Waals surface area contributed by atoms with Crippen LogP contribution in [0.5, 0.6) is 0 Å². The number of anilines is 1. The van der Waals surface area contributed by atoms with Gasteiger partial charge in [0.2, 0.25) is 5.91 Å². The van der Waals surface area contributed by atoms with Gasteiger partial charge in [-0.3, -0.25) is 9.59 Å². The topological polar surface area (TPSA) is 70.2 Å². The minimum Gasteiger partial charge on any atom is -0.352 e. The van der Waals surface area contributed by atoms with Gasteiger partial charge in [-0.2, -0.15) is 0 Å². The van der Waals surface area contributed by atoms with Gasteiger partial charge in [0.15, 0.2) is 0 Å². The zero-order valence-electron chi connectivity index (χ0n) is 14.8. The Morgan fingerprint density at radius 1 is 1.25 bits per heavy atom. The minimum absolute atomic E-state index is 0. The molecule has 5 nitrogen and oxygen atoms in total. The SMILES string of the molecule is Cc1cc(C(=O)NCC(C)C)ccc1NC(=O)C(C)C1CNC1.Cl. The molecule has 1 aliphatic heterocycles. The predicted octanol–water partition coefficient (Wildman–Crippen LogP) is 2.60. The van der Waals surface area contributed by atoms with E-state index in [1.54, 1.807) is 6.07 Å². The number of hydrogen-bond donors (Lipinski definition) is 3. The molecule has 0 aliphatic carbocycles. The van der Waals surface area contributed by atoms with Gasteiger partial charge in [0.1, 0.15) is 0 Å². The summed E-state index contributed by atoms with van der Waals surface area (Å²) < 4.78 is 0. The number of benzene rings is 1. The van der Waals surface area contributed by atoms with E-state index in [1.807, 2.05) is 26.0 Å². The summed E-state index contributed by atoms with van der Waals surface area (Å²) in [5, 5.41) is 9.07. The molecule has 2 rings (SSSR count). The van der Waals surface area contributed by atoms with Crippen molar-refractivity contribution in [3.8, 4) is 0 Å². The fourth-order valence-corrected chi connectivity index (χ4v) is 2.47. The Hall–Kier alpha value is -1.59. The molecule has 1 unspecified atom stereocenters. The molecule has 0 radical (unpaired) electrons. The highest BCUT2D eigenvalue weighted by atomic mass is 35.5. The van der Waals surface area contributed by atoms with Gasteiger partial charge in [-0.05, 0) is 55.6 Å². The van der Waals surface area contributed by atoms with Crippen molar-refractivity contribution in [2.24, 2.45) is 17.8 Å². The molecule has 134 valence electrons. The van der Waals surface area contributed by atoms with Crippen LogP contribution in [0.25, 0.3) is 0 Å². The van der Waals surface area contributed by atoms with Crippen LogP contribution in [-0.2, 0) is 4.79 Å². The Morgan fingerprint density at radius 2 is 1.92 bits per heavy atom. The lowest BCUT2D eigenvalue weighted by molar-refractivity contribution is -0.121. The molecule has 2 amide bonds. The first-order valence-electron chi connectivity index (χ1n) is 8.29. The lowest BCUT2D eigenvalue weighted by atomic mass is 9.88. The summed E-state index contributed by atoms with van der Waals surface area (Å²) in [5.74, 6) is 0.785. The Balaban J connectivity index is 0.00000288. The average molecular weight is 354 g/mol. The van der Waals surface area contributed by atoms with Gasteiger partial charge in [-0.25, -0.2) is 0 Å². The standard InChI is InChI=1S/C18H27N3O2.ClH/c1-11(2)8-20-18(23)14-5-6-16(12(3)7-14)21-17(22)13(4)15-9-19-10-15;/h5-7,11,13,15,19H,8-10H2,1-4H3,(H,20,23)(H,21,22);1H. The summed E-state index contributed by atoms with van der Waals surface area (Å²) in [5.41, 5.74) is 2.29. The number of halogens is 1. The van der Waals surface area contributed by atoms with Crippen molar-refractivity contribution >= 4 is 29.9 Å². The average Bonchev–Trinajstić information content (AvgIpc) is 2.44. The van der Waals surface area contributed by atoms with Crippen LogP contribution in [0.15, 0.2) is 18.2 Å². The number of amides is 2. The first kappa shape index (κ1) is 20.5. The molecule has 0 saturated carbocycles. The Morgan fingerprint density at radius 3 is 2.42 bits per heavy atom. The van der Waals surface area contributed by atoms with Crippen LogP contribution >= 0.6 is 12.4 Å². The predicted molar refractivity (Wildman–Crippen MR) is 99.8 cm³/mol. The van der Waals surface area contributed by atoms with Crippen LogP contribution in [0.4, 0.5) is 5.69 Å². The second-order valence-electron chi connectivity index (χ2n) is 6.83. The summed E-state index contributed by atoms with van der Waals surface area (Å²) in [6.07, 6.45) is 0. The Bertz CT molecular complexity index is 586. The molecule has 0 spiro atoms. The van der Waals surface area contributed by atoms with Gasteiger partial charge >= 0.3 is 0 Å². The normalized spacial score (nSPS) is 15.2. The molecule has 0 aromatic heterocycles. The van der Waals surface area contributed by atoms with Crippen LogP contribution in [0, 0.1) is 24.7 Å². The summed E-state index contributed by atoms with van der Waals surface area (Å²) in [4.78, 5) is 24.4. The molecule has 24 heavy (non-hydrogen) atoms. The summed E-state index contributed by atoms with van der Waals surface area (Å²) in [6.45, 7) is 10.5. The monoisotopic (exact) mass is 353 g/mol. The second kappa shape index (κ2) is 9.04. The molecule has 1 heterocycles. The van der Waals surface area contributed by atoms with E-state index in [2.05, 4.69) is 29.8 Å². The zero-order chi connectivity index (χ0) is 17.0. The highest BCUT2D eigenvalue weighted by Crippen LogP contribution is 2.21. The third kappa shape index (κ3) is 5.21. The maximum absolute atomic E-state index is 12.3. The summed E-state index contributed by atoms with van der Waals surface area (Å²) >= 11 is 0. The van der Waals surface area contributed by atoms with Gasteiger partial charge in [0.25, 0.3) is 5.91 Å². The van der Waals surface area contributed by atoms with E-state index in [0.29, 0.717) is 23.9 Å². The van der Waals surface area contributed by atoms with Gasteiger partial charge in [-0.1, -0.05) is 20.8 Å². The summed E-state index contributed by atoms with van der Waals surface area (Å²) in [7, 11) is 0. The lowest BCUT2D eigenvalue weighted by Gasteiger charge is -2.31. The minimum atomic E-state index is -0.0754. The van der Waals surface area contributed by atoms with Crippen molar-refractivity contribution in [2.75, 3.05) is 25.0 Å². The van der Waals surface area contributed by atoms with E-state index in [9.17, 15) is 9.59 Å². The quantitative estimate of drug-likeness (QED) is 0.736. The fraction of sp³-hybridized carbons (Fsp3) is 0.556. The maximum Gasteiger partial charge on any atom is 0.251 e. The van der Waals surface area contributed by atoms with Crippen molar-refractivity contribution in [3.05, 3.63) is 29.3 Å². The molecule has 1 aromatic rings. The van der Waals surface area contributed by atoms with Crippen LogP contribution in [0.2, 0.25) is 0 Å². The Labute approximate surface area is 150 Å². The zero-order valence-corrected chi connectivity index (χ0v) is 15.6. The molecule has 1 saturated heterocycles. The molecule has 0 bridgehead atoms. The number of carbonyl (C=O) groups excluding carboxylic acids is 2. The van der Waals surface area contributed by atoms with Crippen molar-refractivity contribution < 1.29 is 9.59 Å². The maximum atomic E-state index is 12.3. The van der Waals surface area contributed by atoms with Crippen LogP contribution in [0.3, 0.4) is 0 Å². The van der Waals surface area contributed by atoms with Crippen molar-refractivity contribution in [1.82, 2.24) is 10.6 Å². The largest absolute Gasteiger partial charge is 0.352 e. The highest BCUT2D eigenvalue weighted by molar-refractivity contribution is 5.97. The van der Waals surface area contributed by atoms with Gasteiger partial charge < -0.3 is 16.0 Å². The summed E-state index contributed by atoms with van der Waals surface area (Å²) in [6, 6.07) is 5.39. The number of nitrogens with one attached hydrogen (secondary N) is 3. The number of carbonyl (C=O) groups is 2. The molecular weight excluding hydrogens is 326 g/mol. The van der Waals surface area contributed by atoms with E-state index in [1.165, 1.54) is 0 Å². The molecule has 1 atom stereocenters. The van der Waals surface area contributed by atoms with E-state index in [-0.39, 0.29) is 30.1 Å². The van der Waals surface area contributed by atoms with Gasteiger partial charge in [0, 0.05) is 23.7 Å². The molecular formula is C18H28ClN3O2. The molecule has 6 heteroatoms. The van der Waals surface area contributed by atoms with E-state index < -0.39 is 0 Å². The van der Waals surface area contributed by atoms with E-state index in [4.69, 9.17) is 0 Å². The van der Waals surface area contributed by atoms with Crippen LogP contribution in [0.1, 0.15) is 36.7 Å². The Kier molecular flexibility index (Phi) is 7.70. The number of hydrogen-bond acceptors (Lipinski definition) is 3.